The molecule has 0 spiro atoms. The molecule has 0 bridgehead atoms. The summed E-state index contributed by atoms with van der Waals surface area (Å²) in [7, 11) is 0. The van der Waals surface area contributed by atoms with Crippen molar-refractivity contribution in [3.05, 3.63) is 73.7 Å². The van der Waals surface area contributed by atoms with Gasteiger partial charge in [0, 0.05) is 10.6 Å². The normalized spacial score (nSPS) is 11.1. The number of nitrogens with two attached hydrogens (primary N) is 1. The molecule has 1 amide bonds. The number of H-pyrrole nitrogens is 1. The van der Waals surface area contributed by atoms with Crippen molar-refractivity contribution < 1.29 is 4.79 Å². The average molecular weight is 435 g/mol. The second-order valence-electron chi connectivity index (χ2n) is 5.83. The van der Waals surface area contributed by atoms with Gasteiger partial charge >= 0.3 is 5.69 Å². The van der Waals surface area contributed by atoms with E-state index in [0.717, 1.165) is 0 Å². The van der Waals surface area contributed by atoms with Crippen molar-refractivity contribution in [2.24, 2.45) is 5.73 Å². The summed E-state index contributed by atoms with van der Waals surface area (Å²) in [5.74, 6) is -0.650. The first-order valence-corrected chi connectivity index (χ1v) is 9.02. The van der Waals surface area contributed by atoms with Crippen LogP contribution in [0.2, 0.25) is 15.1 Å². The summed E-state index contributed by atoms with van der Waals surface area (Å²) in [6.07, 6.45) is 0. The zero-order chi connectivity index (χ0) is 20.0. The van der Waals surface area contributed by atoms with Crippen LogP contribution in [0.15, 0.2) is 47.3 Å². The lowest BCUT2D eigenvalue weighted by molar-refractivity contribution is 0.0997. The number of aromatic nitrogens is 4. The van der Waals surface area contributed by atoms with Crippen molar-refractivity contribution >= 4 is 51.9 Å². The molecule has 0 radical (unpaired) electrons. The molecule has 0 fully saturated rings. The zero-order valence-corrected chi connectivity index (χ0v) is 16.2. The molecule has 0 saturated heterocycles. The molecule has 0 aliphatic rings. The summed E-state index contributed by atoms with van der Waals surface area (Å²) in [4.78, 5) is 35.8. The van der Waals surface area contributed by atoms with E-state index in [0.29, 0.717) is 26.3 Å². The minimum absolute atomic E-state index is 0.121. The number of carbonyl (C=O) groups excluding carboxylic acids is 1. The third kappa shape index (κ3) is 3.13. The van der Waals surface area contributed by atoms with E-state index < -0.39 is 11.6 Å². The number of imidazole rings is 1. The van der Waals surface area contributed by atoms with Gasteiger partial charge in [-0.05, 0) is 36.4 Å². The maximum absolute atomic E-state index is 12.6. The number of nitrogens with one attached hydrogen (secondary N) is 1. The molecule has 3 N–H and O–H groups in total. The van der Waals surface area contributed by atoms with Gasteiger partial charge in [0.15, 0.2) is 17.2 Å². The molecular weight excluding hydrogens is 425 g/mol. The maximum Gasteiger partial charge on any atom is 0.332 e. The Morgan fingerprint density at radius 3 is 2.50 bits per heavy atom. The molecule has 28 heavy (non-hydrogen) atoms. The Balaban J connectivity index is 2.06. The second-order valence-corrected chi connectivity index (χ2v) is 7.08. The molecule has 140 valence electrons. The summed E-state index contributed by atoms with van der Waals surface area (Å²) in [6.45, 7) is 0. The van der Waals surface area contributed by atoms with Crippen LogP contribution >= 0.6 is 34.8 Å². The molecule has 4 rings (SSSR count). The van der Waals surface area contributed by atoms with Gasteiger partial charge in [0.2, 0.25) is 0 Å². The van der Waals surface area contributed by atoms with E-state index in [-0.39, 0.29) is 22.7 Å². The van der Waals surface area contributed by atoms with Crippen molar-refractivity contribution in [2.75, 3.05) is 0 Å². The number of halogens is 3. The highest BCUT2D eigenvalue weighted by molar-refractivity contribution is 6.42. The fourth-order valence-electron chi connectivity index (χ4n) is 2.78. The van der Waals surface area contributed by atoms with Gasteiger partial charge in [-0.3, -0.25) is 4.79 Å². The Morgan fingerprint density at radius 2 is 1.82 bits per heavy atom. The smallest absolute Gasteiger partial charge is 0.332 e. The van der Waals surface area contributed by atoms with Crippen LogP contribution in [0.3, 0.4) is 0 Å². The minimum Gasteiger partial charge on any atom is -0.364 e. The predicted molar refractivity (Wildman–Crippen MR) is 108 cm³/mol. The van der Waals surface area contributed by atoms with Crippen LogP contribution in [0, 0.1) is 0 Å². The number of primary amides is 1. The molecule has 7 nitrogen and oxygen atoms in total. The standard InChI is InChI=1S/C18H10Cl3N5O2/c19-9-2-1-3-10(7-9)26-17-14(24-18(26)28)13(15(22)27)23-16(25-17)8-4-5-11(20)12(21)6-8/h1-7H,(H2,22,27)(H,24,28). The van der Waals surface area contributed by atoms with E-state index in [1.807, 2.05) is 0 Å². The van der Waals surface area contributed by atoms with E-state index >= 15 is 0 Å². The van der Waals surface area contributed by atoms with Gasteiger partial charge in [-0.1, -0.05) is 40.9 Å². The van der Waals surface area contributed by atoms with Crippen molar-refractivity contribution in [3.8, 4) is 17.1 Å². The molecule has 0 saturated carbocycles. The highest BCUT2D eigenvalue weighted by atomic mass is 35.5. The largest absolute Gasteiger partial charge is 0.364 e. The van der Waals surface area contributed by atoms with Gasteiger partial charge in [0.05, 0.1) is 15.7 Å². The summed E-state index contributed by atoms with van der Waals surface area (Å²) in [5.41, 5.74) is 6.12. The van der Waals surface area contributed by atoms with E-state index in [1.165, 1.54) is 4.57 Å². The zero-order valence-electron chi connectivity index (χ0n) is 13.9. The summed E-state index contributed by atoms with van der Waals surface area (Å²) < 4.78 is 1.29. The van der Waals surface area contributed by atoms with Gasteiger partial charge in [-0.2, -0.15) is 0 Å². The highest BCUT2D eigenvalue weighted by Crippen LogP contribution is 2.28. The Kier molecular flexibility index (Phi) is 4.58. The number of aromatic amines is 1. The van der Waals surface area contributed by atoms with Crippen LogP contribution in [0.25, 0.3) is 28.2 Å². The van der Waals surface area contributed by atoms with E-state index in [2.05, 4.69) is 15.0 Å². The lowest BCUT2D eigenvalue weighted by Gasteiger charge is -2.07. The number of rotatable bonds is 3. The van der Waals surface area contributed by atoms with Crippen molar-refractivity contribution in [1.82, 2.24) is 19.5 Å². The van der Waals surface area contributed by atoms with Crippen LogP contribution < -0.4 is 11.4 Å². The average Bonchev–Trinajstić information content (AvgIpc) is 2.98. The van der Waals surface area contributed by atoms with Crippen LogP contribution in [-0.2, 0) is 0 Å². The van der Waals surface area contributed by atoms with Crippen molar-refractivity contribution in [2.45, 2.75) is 0 Å². The van der Waals surface area contributed by atoms with Crippen LogP contribution in [0.5, 0.6) is 0 Å². The molecule has 0 atom stereocenters. The molecule has 10 heteroatoms. The van der Waals surface area contributed by atoms with Crippen molar-refractivity contribution in [1.29, 1.82) is 0 Å². The molecule has 2 heterocycles. The lowest BCUT2D eigenvalue weighted by atomic mass is 10.2. The van der Waals surface area contributed by atoms with Crippen LogP contribution in [-0.4, -0.2) is 25.4 Å². The van der Waals surface area contributed by atoms with Crippen LogP contribution in [0.1, 0.15) is 10.5 Å². The van der Waals surface area contributed by atoms with Gasteiger partial charge in [0.1, 0.15) is 5.52 Å². The summed E-state index contributed by atoms with van der Waals surface area (Å²) in [6, 6.07) is 11.4. The van der Waals surface area contributed by atoms with Crippen molar-refractivity contribution in [3.63, 3.8) is 0 Å². The number of hydrogen-bond acceptors (Lipinski definition) is 4. The molecule has 2 aromatic carbocycles. The molecule has 2 aromatic heterocycles. The third-order valence-electron chi connectivity index (χ3n) is 4.01. The summed E-state index contributed by atoms with van der Waals surface area (Å²) >= 11 is 18.1. The van der Waals surface area contributed by atoms with E-state index in [1.54, 1.807) is 42.5 Å². The van der Waals surface area contributed by atoms with Gasteiger partial charge in [0.25, 0.3) is 5.91 Å². The monoisotopic (exact) mass is 433 g/mol. The molecule has 0 aliphatic heterocycles. The van der Waals surface area contributed by atoms with Gasteiger partial charge in [-0.25, -0.2) is 19.3 Å². The number of hydrogen-bond donors (Lipinski definition) is 2. The number of amides is 1. The first-order valence-electron chi connectivity index (χ1n) is 7.89. The number of fused-ring (bicyclic) bond motifs is 1. The summed E-state index contributed by atoms with van der Waals surface area (Å²) in [5, 5.41) is 1.09. The highest BCUT2D eigenvalue weighted by Gasteiger charge is 2.20. The first kappa shape index (κ1) is 18.5. The molecule has 0 unspecified atom stereocenters. The van der Waals surface area contributed by atoms with Gasteiger partial charge in [-0.15, -0.1) is 0 Å². The third-order valence-corrected chi connectivity index (χ3v) is 4.99. The lowest BCUT2D eigenvalue weighted by Crippen LogP contribution is -2.15. The number of carbonyl (C=O) groups is 1. The number of benzene rings is 2. The predicted octanol–water partition coefficient (Wildman–Crippen LogP) is 3.83. The maximum atomic E-state index is 12.6. The molecular formula is C18H10Cl3N5O2. The minimum atomic E-state index is -0.812. The van der Waals surface area contributed by atoms with E-state index in [4.69, 9.17) is 40.5 Å². The topological polar surface area (TPSA) is 107 Å². The Hall–Kier alpha value is -2.87. The quantitative estimate of drug-likeness (QED) is 0.511. The molecule has 4 aromatic rings. The Morgan fingerprint density at radius 1 is 1.04 bits per heavy atom. The Bertz CT molecular complexity index is 1310. The van der Waals surface area contributed by atoms with Crippen LogP contribution in [0.4, 0.5) is 0 Å². The number of nitrogens with zero attached hydrogens (tertiary/aromatic N) is 3. The fourth-order valence-corrected chi connectivity index (χ4v) is 3.26. The van der Waals surface area contributed by atoms with Gasteiger partial charge < -0.3 is 10.7 Å². The van der Waals surface area contributed by atoms with E-state index in [9.17, 15) is 9.59 Å². The second kappa shape index (κ2) is 6.94. The Labute approximate surface area is 172 Å². The SMILES string of the molecule is NC(=O)c1nc(-c2ccc(Cl)c(Cl)c2)nc2c1[nH]c(=O)n2-c1cccc(Cl)c1. The molecule has 0 aliphatic carbocycles. The fraction of sp³-hybridized carbons (Fsp3) is 0. The first-order chi connectivity index (χ1) is 13.3.